The molecule has 0 radical (unpaired) electrons. The van der Waals surface area contributed by atoms with Gasteiger partial charge in [0.1, 0.15) is 11.1 Å². The molecule has 3 atom stereocenters. The third-order valence-corrected chi connectivity index (χ3v) is 9.60. The van der Waals surface area contributed by atoms with Gasteiger partial charge in [-0.25, -0.2) is 9.29 Å². The average molecular weight is 626 g/mol. The summed E-state index contributed by atoms with van der Waals surface area (Å²) >= 11 is 8.02. The number of aromatic nitrogens is 1. The zero-order valence-electron chi connectivity index (χ0n) is 21.8. The second kappa shape index (κ2) is 11.3. The molecule has 9 nitrogen and oxygen atoms in total. The van der Waals surface area contributed by atoms with Crippen molar-refractivity contribution in [3.05, 3.63) is 97.7 Å². The van der Waals surface area contributed by atoms with E-state index in [-0.39, 0.29) is 17.2 Å². The highest BCUT2D eigenvalue weighted by molar-refractivity contribution is 8.00. The monoisotopic (exact) mass is 625 g/mol. The number of carbonyl (C=O) groups is 3. The summed E-state index contributed by atoms with van der Waals surface area (Å²) in [6.07, 6.45) is 0. The lowest BCUT2D eigenvalue weighted by atomic mass is 9.83. The number of benzene rings is 3. The van der Waals surface area contributed by atoms with Crippen LogP contribution in [0, 0.1) is 11.7 Å². The Kier molecular flexibility index (Phi) is 7.52. The minimum absolute atomic E-state index is 0.273. The van der Waals surface area contributed by atoms with E-state index in [1.807, 2.05) is 0 Å². The molecule has 1 saturated heterocycles. The molecule has 0 spiro atoms. The smallest absolute Gasteiger partial charge is 0.305 e. The van der Waals surface area contributed by atoms with Gasteiger partial charge in [0.05, 0.1) is 23.7 Å². The summed E-state index contributed by atoms with van der Waals surface area (Å²) in [6, 6.07) is 16.8. The number of anilines is 2. The molecule has 4 aromatic rings. The number of hydrogen-bond acceptors (Lipinski definition) is 8. The molecule has 2 aliphatic rings. The lowest BCUT2D eigenvalue weighted by Gasteiger charge is -2.30. The topological polar surface area (TPSA) is 118 Å². The van der Waals surface area contributed by atoms with Crippen molar-refractivity contribution in [3.63, 3.8) is 0 Å². The first-order chi connectivity index (χ1) is 20.2. The number of H-pyrrole nitrogens is 1. The van der Waals surface area contributed by atoms with Crippen LogP contribution in [0.1, 0.15) is 16.4 Å². The molecule has 42 heavy (non-hydrogen) atoms. The molecule has 214 valence electrons. The first kappa shape index (κ1) is 28.0. The number of methoxy groups -OCH3 is 1. The van der Waals surface area contributed by atoms with E-state index in [2.05, 4.69) is 10.3 Å². The number of nitrogens with zero attached hydrogens (tertiary/aromatic N) is 1. The quantitative estimate of drug-likeness (QED) is 0.276. The molecule has 3 amide bonds. The normalized spacial score (nSPS) is 19.3. The molecule has 13 heteroatoms. The van der Waals surface area contributed by atoms with Crippen LogP contribution >= 0.6 is 34.7 Å². The third-order valence-electron chi connectivity index (χ3n) is 6.94. The number of imide groups is 1. The first-order valence-corrected chi connectivity index (χ1v) is 14.7. The van der Waals surface area contributed by atoms with E-state index in [9.17, 15) is 23.6 Å². The molecular weight excluding hydrogens is 605 g/mol. The molecule has 0 aliphatic carbocycles. The van der Waals surface area contributed by atoms with Gasteiger partial charge in [0.15, 0.2) is 18.1 Å². The summed E-state index contributed by atoms with van der Waals surface area (Å²) < 4.78 is 24.8. The minimum Gasteiger partial charge on any atom is -0.493 e. The van der Waals surface area contributed by atoms with Gasteiger partial charge >= 0.3 is 4.87 Å². The van der Waals surface area contributed by atoms with E-state index in [4.69, 9.17) is 21.1 Å². The first-order valence-electron chi connectivity index (χ1n) is 12.6. The van der Waals surface area contributed by atoms with Gasteiger partial charge in [-0.15, -0.1) is 0 Å². The lowest BCUT2D eigenvalue weighted by Crippen LogP contribution is -2.32. The summed E-state index contributed by atoms with van der Waals surface area (Å²) in [5.74, 6) is -2.65. The minimum atomic E-state index is -0.826. The zero-order chi connectivity index (χ0) is 29.5. The second-order valence-electron chi connectivity index (χ2n) is 9.49. The number of nitrogens with one attached hydrogen (secondary N) is 2. The molecular formula is C29H21ClFN3O6S2. The third kappa shape index (κ3) is 5.17. The van der Waals surface area contributed by atoms with Gasteiger partial charge < -0.3 is 19.8 Å². The Labute approximate surface area is 251 Å². The lowest BCUT2D eigenvalue weighted by molar-refractivity contribution is -0.122. The standard InChI is InChI=1S/C29H21ClFN3O6S2/c1-39-20-12-14(2-11-19(20)40-13-21(35)32-17-7-3-15(30)4-8-17)22-23-25(41-26-24(22)42-29(38)33-26)28(37)34(27(23)36)18-9-5-16(31)6-10-18/h2-12,22-23,25H,13H2,1H3,(H,32,35)(H,33,38)/t22-,23?,25?/m1/s1. The van der Waals surface area contributed by atoms with Crippen LogP contribution in [-0.4, -0.2) is 41.7 Å². The van der Waals surface area contributed by atoms with Crippen molar-refractivity contribution in [1.82, 2.24) is 4.98 Å². The van der Waals surface area contributed by atoms with Crippen molar-refractivity contribution in [1.29, 1.82) is 0 Å². The van der Waals surface area contributed by atoms with Crippen molar-refractivity contribution in [2.45, 2.75) is 16.2 Å². The van der Waals surface area contributed by atoms with Crippen LogP contribution in [0.4, 0.5) is 15.8 Å². The molecule has 2 N–H and O–H groups in total. The molecule has 3 heterocycles. The number of ether oxygens (including phenoxy) is 2. The second-order valence-corrected chi connectivity index (χ2v) is 12.1. The van der Waals surface area contributed by atoms with Crippen LogP contribution < -0.4 is 24.6 Å². The van der Waals surface area contributed by atoms with E-state index >= 15 is 0 Å². The van der Waals surface area contributed by atoms with Crippen LogP contribution in [0.3, 0.4) is 0 Å². The maximum atomic E-state index is 13.8. The Morgan fingerprint density at radius 1 is 1.02 bits per heavy atom. The molecule has 0 bridgehead atoms. The number of carbonyl (C=O) groups excluding carboxylic acids is 3. The fourth-order valence-corrected chi connectivity index (χ4v) is 7.73. The van der Waals surface area contributed by atoms with Crippen molar-refractivity contribution in [3.8, 4) is 11.5 Å². The van der Waals surface area contributed by atoms with Crippen LogP contribution in [0.25, 0.3) is 0 Å². The number of hydrogen-bond donors (Lipinski definition) is 2. The van der Waals surface area contributed by atoms with E-state index in [0.29, 0.717) is 37.7 Å². The van der Waals surface area contributed by atoms with Gasteiger partial charge in [-0.05, 0) is 66.2 Å². The number of aromatic amines is 1. The Balaban J connectivity index is 1.29. The number of fused-ring (bicyclic) bond motifs is 2. The van der Waals surface area contributed by atoms with E-state index in [1.165, 1.54) is 31.4 Å². The zero-order valence-corrected chi connectivity index (χ0v) is 24.1. The Hall–Kier alpha value is -4.13. The molecule has 6 rings (SSSR count). The van der Waals surface area contributed by atoms with Gasteiger partial charge in [0, 0.05) is 21.5 Å². The fraction of sp³-hybridized carbons (Fsp3) is 0.172. The summed E-state index contributed by atoms with van der Waals surface area (Å²) in [5, 5.41) is 2.98. The SMILES string of the molecule is COc1cc([C@H]2c3sc(=O)[nH]c3SC3C(=O)N(c4ccc(F)cc4)C(=O)C32)ccc1OCC(=O)Nc1ccc(Cl)cc1. The van der Waals surface area contributed by atoms with Crippen molar-refractivity contribution < 1.29 is 28.2 Å². The molecule has 1 aromatic heterocycles. The van der Waals surface area contributed by atoms with Crippen LogP contribution in [-0.2, 0) is 14.4 Å². The van der Waals surface area contributed by atoms with E-state index in [1.54, 1.807) is 42.5 Å². The molecule has 2 aliphatic heterocycles. The highest BCUT2D eigenvalue weighted by atomic mass is 35.5. The summed E-state index contributed by atoms with van der Waals surface area (Å²) in [6.45, 7) is -0.299. The average Bonchev–Trinajstić information content (AvgIpc) is 3.47. The molecule has 2 unspecified atom stereocenters. The van der Waals surface area contributed by atoms with Crippen LogP contribution in [0.15, 0.2) is 76.6 Å². The summed E-state index contributed by atoms with van der Waals surface area (Å²) in [4.78, 5) is 56.3. The molecule has 1 fully saturated rings. The number of halogens is 2. The predicted octanol–water partition coefficient (Wildman–Crippen LogP) is 5.05. The fourth-order valence-electron chi connectivity index (χ4n) is 5.09. The number of amides is 3. The number of thiazole rings is 1. The number of rotatable bonds is 7. The van der Waals surface area contributed by atoms with Crippen LogP contribution in [0.2, 0.25) is 5.02 Å². The van der Waals surface area contributed by atoms with Crippen molar-refractivity contribution >= 4 is 63.8 Å². The summed E-state index contributed by atoms with van der Waals surface area (Å²) in [7, 11) is 1.44. The predicted molar refractivity (Wildman–Crippen MR) is 157 cm³/mol. The highest BCUT2D eigenvalue weighted by Crippen LogP contribution is 2.53. The maximum absolute atomic E-state index is 13.8. The van der Waals surface area contributed by atoms with Gasteiger partial charge in [0.2, 0.25) is 11.8 Å². The van der Waals surface area contributed by atoms with Gasteiger partial charge in [-0.3, -0.25) is 19.2 Å². The largest absolute Gasteiger partial charge is 0.493 e. The van der Waals surface area contributed by atoms with Crippen molar-refractivity contribution in [2.75, 3.05) is 23.9 Å². The number of thioether (sulfide) groups is 1. The maximum Gasteiger partial charge on any atom is 0.305 e. The summed E-state index contributed by atoms with van der Waals surface area (Å²) in [5.41, 5.74) is 1.46. The highest BCUT2D eigenvalue weighted by Gasteiger charge is 2.56. The Bertz CT molecular complexity index is 1760. The van der Waals surface area contributed by atoms with Gasteiger partial charge in [-0.1, -0.05) is 40.8 Å². The van der Waals surface area contributed by atoms with E-state index < -0.39 is 40.6 Å². The Morgan fingerprint density at radius 3 is 2.48 bits per heavy atom. The van der Waals surface area contributed by atoms with Gasteiger partial charge in [-0.2, -0.15) is 0 Å². The molecule has 0 saturated carbocycles. The molecule has 3 aromatic carbocycles. The van der Waals surface area contributed by atoms with Gasteiger partial charge in [0.25, 0.3) is 5.91 Å². The van der Waals surface area contributed by atoms with Crippen molar-refractivity contribution in [2.24, 2.45) is 5.92 Å². The van der Waals surface area contributed by atoms with Crippen LogP contribution in [0.5, 0.6) is 11.5 Å². The Morgan fingerprint density at radius 2 is 1.76 bits per heavy atom. The van der Waals surface area contributed by atoms with E-state index in [0.717, 1.165) is 28.0 Å².